The van der Waals surface area contributed by atoms with Gasteiger partial charge in [0.05, 0.1) is 5.69 Å². The summed E-state index contributed by atoms with van der Waals surface area (Å²) in [5.41, 5.74) is 1.70. The predicted octanol–water partition coefficient (Wildman–Crippen LogP) is 3.27. The Hall–Kier alpha value is -0.610. The average Bonchev–Trinajstić information content (AvgIpc) is 2.78. The van der Waals surface area contributed by atoms with Crippen molar-refractivity contribution in [2.75, 3.05) is 24.5 Å². The van der Waals surface area contributed by atoms with E-state index in [1.807, 2.05) is 0 Å². The van der Waals surface area contributed by atoms with Crippen LogP contribution in [0.5, 0.6) is 0 Å². The first-order valence-corrected chi connectivity index (χ1v) is 7.89. The molecule has 1 saturated heterocycles. The molecule has 0 aliphatic carbocycles. The summed E-state index contributed by atoms with van der Waals surface area (Å²) in [6.45, 7) is 11.2. The molecule has 1 fully saturated rings. The number of piperidine rings is 1. The van der Waals surface area contributed by atoms with Gasteiger partial charge in [-0.25, -0.2) is 4.98 Å². The smallest absolute Gasteiger partial charge is 0.185 e. The molecule has 4 heteroatoms. The van der Waals surface area contributed by atoms with Gasteiger partial charge in [-0.05, 0) is 31.2 Å². The van der Waals surface area contributed by atoms with Gasteiger partial charge in [-0.1, -0.05) is 20.8 Å². The summed E-state index contributed by atoms with van der Waals surface area (Å²) in [6.07, 6.45) is 3.73. The normalized spacial score (nSPS) is 19.2. The lowest BCUT2D eigenvalue weighted by atomic mass is 9.83. The highest BCUT2D eigenvalue weighted by Gasteiger charge is 2.26. The van der Waals surface area contributed by atoms with Crippen LogP contribution in [0, 0.1) is 5.41 Å². The Bertz CT molecular complexity index is 363. The van der Waals surface area contributed by atoms with Crippen molar-refractivity contribution in [1.29, 1.82) is 0 Å². The lowest BCUT2D eigenvalue weighted by Crippen LogP contribution is -2.37. The van der Waals surface area contributed by atoms with Gasteiger partial charge in [0.15, 0.2) is 5.13 Å². The van der Waals surface area contributed by atoms with Gasteiger partial charge in [-0.3, -0.25) is 0 Å². The summed E-state index contributed by atoms with van der Waals surface area (Å²) in [6, 6.07) is 0. The summed E-state index contributed by atoms with van der Waals surface area (Å²) in [7, 11) is 0. The molecule has 18 heavy (non-hydrogen) atoms. The molecule has 0 amide bonds. The largest absolute Gasteiger partial charge is 0.348 e. The first-order chi connectivity index (χ1) is 8.61. The number of thiazole rings is 1. The third kappa shape index (κ3) is 3.69. The molecule has 0 radical (unpaired) electrons. The van der Waals surface area contributed by atoms with E-state index in [1.54, 1.807) is 11.3 Å². The van der Waals surface area contributed by atoms with Gasteiger partial charge in [0.2, 0.25) is 0 Å². The summed E-state index contributed by atoms with van der Waals surface area (Å²) in [4.78, 5) is 7.18. The first kappa shape index (κ1) is 13.8. The molecule has 0 spiro atoms. The molecule has 0 atom stereocenters. The number of hydrogen-bond donors (Lipinski definition) is 1. The quantitative estimate of drug-likeness (QED) is 0.830. The van der Waals surface area contributed by atoms with Gasteiger partial charge >= 0.3 is 0 Å². The third-order valence-electron chi connectivity index (χ3n) is 3.66. The summed E-state index contributed by atoms with van der Waals surface area (Å²) < 4.78 is 0. The van der Waals surface area contributed by atoms with Crippen LogP contribution >= 0.6 is 11.3 Å². The molecule has 102 valence electrons. The number of nitrogens with one attached hydrogen (secondary N) is 1. The summed E-state index contributed by atoms with van der Waals surface area (Å²) in [5.74, 6) is 0. The fourth-order valence-corrected chi connectivity index (χ4v) is 3.10. The van der Waals surface area contributed by atoms with Crippen molar-refractivity contribution in [1.82, 2.24) is 10.3 Å². The van der Waals surface area contributed by atoms with Gasteiger partial charge in [0.1, 0.15) is 0 Å². The van der Waals surface area contributed by atoms with Crippen molar-refractivity contribution in [3.8, 4) is 0 Å². The molecule has 1 aliphatic rings. The molecule has 1 aromatic rings. The molecule has 1 aromatic heterocycles. The number of anilines is 1. The molecule has 2 rings (SSSR count). The monoisotopic (exact) mass is 267 g/mol. The van der Waals surface area contributed by atoms with Gasteiger partial charge in [-0.2, -0.15) is 0 Å². The van der Waals surface area contributed by atoms with E-state index in [-0.39, 0.29) is 0 Å². The van der Waals surface area contributed by atoms with Crippen LogP contribution < -0.4 is 10.2 Å². The van der Waals surface area contributed by atoms with Crippen LogP contribution in [0.2, 0.25) is 0 Å². The Kier molecular flexibility index (Phi) is 4.62. The van der Waals surface area contributed by atoms with Crippen molar-refractivity contribution in [2.24, 2.45) is 5.41 Å². The fraction of sp³-hybridized carbons (Fsp3) is 0.786. The van der Waals surface area contributed by atoms with E-state index >= 15 is 0 Å². The van der Waals surface area contributed by atoms with Crippen molar-refractivity contribution >= 4 is 16.5 Å². The van der Waals surface area contributed by atoms with E-state index in [9.17, 15) is 0 Å². The van der Waals surface area contributed by atoms with Gasteiger partial charge in [-0.15, -0.1) is 11.3 Å². The van der Waals surface area contributed by atoms with Gasteiger partial charge < -0.3 is 10.2 Å². The van der Waals surface area contributed by atoms with Crippen LogP contribution in [0.25, 0.3) is 0 Å². The zero-order valence-corrected chi connectivity index (χ0v) is 12.6. The Morgan fingerprint density at radius 1 is 1.39 bits per heavy atom. The highest BCUT2D eigenvalue weighted by Crippen LogP contribution is 2.33. The number of nitrogens with zero attached hydrogens (tertiary/aromatic N) is 2. The topological polar surface area (TPSA) is 28.2 Å². The highest BCUT2D eigenvalue weighted by molar-refractivity contribution is 7.13. The maximum absolute atomic E-state index is 4.74. The maximum atomic E-state index is 4.74. The second kappa shape index (κ2) is 6.02. The molecule has 3 nitrogen and oxygen atoms in total. The summed E-state index contributed by atoms with van der Waals surface area (Å²) in [5, 5.41) is 6.81. The molecule has 2 heterocycles. The molecule has 0 saturated carbocycles. The van der Waals surface area contributed by atoms with Crippen molar-refractivity contribution < 1.29 is 0 Å². The molecule has 0 bridgehead atoms. The minimum Gasteiger partial charge on any atom is -0.348 e. The van der Waals surface area contributed by atoms with Crippen molar-refractivity contribution in [2.45, 2.75) is 46.6 Å². The van der Waals surface area contributed by atoms with Gasteiger partial charge in [0.25, 0.3) is 0 Å². The lowest BCUT2D eigenvalue weighted by molar-refractivity contribution is 0.279. The van der Waals surface area contributed by atoms with E-state index < -0.39 is 0 Å². The lowest BCUT2D eigenvalue weighted by Gasteiger charge is -2.36. The Morgan fingerprint density at radius 3 is 2.78 bits per heavy atom. The first-order valence-electron chi connectivity index (χ1n) is 7.01. The van der Waals surface area contributed by atoms with Crippen LogP contribution in [0.4, 0.5) is 5.13 Å². The maximum Gasteiger partial charge on any atom is 0.185 e. The van der Waals surface area contributed by atoms with Crippen LogP contribution in [0.15, 0.2) is 5.38 Å². The Labute approximate surface area is 115 Å². The minimum atomic E-state index is 0.513. The van der Waals surface area contributed by atoms with Crippen LogP contribution in [0.1, 0.15) is 45.7 Å². The average molecular weight is 267 g/mol. The minimum absolute atomic E-state index is 0.513. The zero-order valence-electron chi connectivity index (χ0n) is 11.8. The summed E-state index contributed by atoms with van der Waals surface area (Å²) >= 11 is 1.79. The predicted molar refractivity (Wildman–Crippen MR) is 79.3 cm³/mol. The second-order valence-electron chi connectivity index (χ2n) is 5.95. The van der Waals surface area contributed by atoms with E-state index in [2.05, 4.69) is 36.4 Å². The standard InChI is InChI=1S/C14H25N3S/c1-4-7-15-10-12-11-18-13(16-12)17-8-5-14(2,3)6-9-17/h11,15H,4-10H2,1-3H3. The molecule has 0 aromatic carbocycles. The van der Waals surface area contributed by atoms with Gasteiger partial charge in [0, 0.05) is 25.0 Å². The second-order valence-corrected chi connectivity index (χ2v) is 6.79. The van der Waals surface area contributed by atoms with Crippen molar-refractivity contribution in [3.63, 3.8) is 0 Å². The molecular weight excluding hydrogens is 242 g/mol. The number of rotatable bonds is 5. The van der Waals surface area contributed by atoms with E-state index in [0.717, 1.165) is 26.2 Å². The van der Waals surface area contributed by atoms with Crippen LogP contribution in [-0.2, 0) is 6.54 Å². The zero-order chi connectivity index (χ0) is 13.0. The van der Waals surface area contributed by atoms with E-state index in [0.29, 0.717) is 5.41 Å². The Morgan fingerprint density at radius 2 is 2.11 bits per heavy atom. The van der Waals surface area contributed by atoms with Crippen molar-refractivity contribution in [3.05, 3.63) is 11.1 Å². The Balaban J connectivity index is 1.86. The molecular formula is C14H25N3S. The third-order valence-corrected chi connectivity index (χ3v) is 4.61. The molecule has 0 unspecified atom stereocenters. The molecule has 1 N–H and O–H groups in total. The van der Waals surface area contributed by atoms with E-state index in [4.69, 9.17) is 4.98 Å². The van der Waals surface area contributed by atoms with Crippen LogP contribution in [0.3, 0.4) is 0 Å². The SMILES string of the molecule is CCCNCc1csc(N2CCC(C)(C)CC2)n1. The number of hydrogen-bond acceptors (Lipinski definition) is 4. The van der Waals surface area contributed by atoms with Crippen LogP contribution in [-0.4, -0.2) is 24.6 Å². The number of aromatic nitrogens is 1. The fourth-order valence-electron chi connectivity index (χ4n) is 2.22. The molecule has 1 aliphatic heterocycles. The highest BCUT2D eigenvalue weighted by atomic mass is 32.1. The van der Waals surface area contributed by atoms with E-state index in [1.165, 1.54) is 30.1 Å².